The number of pyridine rings is 1. The van der Waals surface area contributed by atoms with Gasteiger partial charge in [0.25, 0.3) is 0 Å². The first-order valence-corrected chi connectivity index (χ1v) is 7.38. The Balaban J connectivity index is 2.17. The van der Waals surface area contributed by atoms with Crippen LogP contribution in [-0.4, -0.2) is 18.6 Å². The Morgan fingerprint density at radius 1 is 1.23 bits per heavy atom. The van der Waals surface area contributed by atoms with Gasteiger partial charge >= 0.3 is 0 Å². The Kier molecular flexibility index (Phi) is 5.61. The number of nitrogens with one attached hydrogen (secondary N) is 1. The molecule has 0 aliphatic carbocycles. The molecule has 0 bridgehead atoms. The Bertz CT molecular complexity index is 612. The van der Waals surface area contributed by atoms with Gasteiger partial charge in [-0.05, 0) is 31.5 Å². The van der Waals surface area contributed by atoms with E-state index < -0.39 is 0 Å². The molecule has 3 N–H and O–H groups in total. The minimum absolute atomic E-state index is 0.382. The molecule has 0 spiro atoms. The van der Waals surface area contributed by atoms with Crippen molar-refractivity contribution in [2.24, 2.45) is 5.73 Å². The summed E-state index contributed by atoms with van der Waals surface area (Å²) in [4.78, 5) is 4.48. The lowest BCUT2D eigenvalue weighted by Gasteiger charge is -2.15. The summed E-state index contributed by atoms with van der Waals surface area (Å²) < 4.78 is 11.1. The highest BCUT2D eigenvalue weighted by molar-refractivity contribution is 5.53. The van der Waals surface area contributed by atoms with Crippen molar-refractivity contribution in [3.8, 4) is 11.5 Å². The summed E-state index contributed by atoms with van der Waals surface area (Å²) in [6.07, 6.45) is 0. The number of aryl methyl sites for hydroxylation is 1. The maximum atomic E-state index is 5.95. The van der Waals surface area contributed by atoms with Gasteiger partial charge in [-0.3, -0.25) is 0 Å². The van der Waals surface area contributed by atoms with Crippen molar-refractivity contribution in [2.75, 3.05) is 19.0 Å². The zero-order valence-corrected chi connectivity index (χ0v) is 13.3. The fraction of sp³-hybridized carbons (Fsp3) is 0.353. The van der Waals surface area contributed by atoms with E-state index in [2.05, 4.69) is 10.3 Å². The molecule has 0 amide bonds. The second-order valence-corrected chi connectivity index (χ2v) is 4.96. The van der Waals surface area contributed by atoms with Crippen molar-refractivity contribution in [3.05, 3.63) is 47.2 Å². The molecule has 1 heterocycles. The Morgan fingerprint density at radius 2 is 1.95 bits per heavy atom. The van der Waals surface area contributed by atoms with Crippen molar-refractivity contribution in [1.29, 1.82) is 0 Å². The molecule has 0 saturated heterocycles. The number of aromatic nitrogens is 1. The van der Waals surface area contributed by atoms with E-state index in [0.29, 0.717) is 13.2 Å². The number of hydrogen-bond donors (Lipinski definition) is 2. The van der Waals surface area contributed by atoms with Crippen molar-refractivity contribution in [3.63, 3.8) is 0 Å². The summed E-state index contributed by atoms with van der Waals surface area (Å²) in [5.41, 5.74) is 8.74. The quantitative estimate of drug-likeness (QED) is 0.823. The number of anilines is 1. The molecule has 5 heteroatoms. The van der Waals surface area contributed by atoms with Crippen LogP contribution in [0, 0.1) is 6.92 Å². The largest absolute Gasteiger partial charge is 0.497 e. The summed E-state index contributed by atoms with van der Waals surface area (Å²) >= 11 is 0. The highest BCUT2D eigenvalue weighted by Crippen LogP contribution is 2.26. The van der Waals surface area contributed by atoms with Crippen molar-refractivity contribution >= 4 is 5.82 Å². The molecule has 0 aliphatic rings. The van der Waals surface area contributed by atoms with Crippen LogP contribution < -0.4 is 20.5 Å². The van der Waals surface area contributed by atoms with Crippen LogP contribution >= 0.6 is 0 Å². The van der Waals surface area contributed by atoms with E-state index in [1.807, 2.05) is 44.2 Å². The molecule has 0 atom stereocenters. The van der Waals surface area contributed by atoms with E-state index in [1.165, 1.54) is 0 Å². The molecule has 0 radical (unpaired) electrons. The van der Waals surface area contributed by atoms with E-state index in [1.54, 1.807) is 7.11 Å². The number of rotatable bonds is 7. The van der Waals surface area contributed by atoms with E-state index in [9.17, 15) is 0 Å². The van der Waals surface area contributed by atoms with Crippen molar-refractivity contribution in [1.82, 2.24) is 4.98 Å². The third kappa shape index (κ3) is 3.89. The predicted molar refractivity (Wildman–Crippen MR) is 88.4 cm³/mol. The van der Waals surface area contributed by atoms with Crippen LogP contribution in [-0.2, 0) is 13.2 Å². The molecule has 0 fully saturated rings. The van der Waals surface area contributed by atoms with Gasteiger partial charge in [0.1, 0.15) is 23.9 Å². The Morgan fingerprint density at radius 3 is 2.55 bits per heavy atom. The Labute approximate surface area is 131 Å². The van der Waals surface area contributed by atoms with Crippen LogP contribution in [0.25, 0.3) is 0 Å². The van der Waals surface area contributed by atoms with Crippen LogP contribution in [0.2, 0.25) is 0 Å². The van der Waals surface area contributed by atoms with Gasteiger partial charge < -0.3 is 20.5 Å². The zero-order valence-electron chi connectivity index (χ0n) is 13.3. The molecule has 1 aromatic heterocycles. The molecular formula is C17H23N3O2. The molecule has 118 valence electrons. The summed E-state index contributed by atoms with van der Waals surface area (Å²) in [7, 11) is 1.65. The fourth-order valence-electron chi connectivity index (χ4n) is 2.19. The monoisotopic (exact) mass is 301 g/mol. The van der Waals surface area contributed by atoms with Gasteiger partial charge in [0.05, 0.1) is 12.7 Å². The summed E-state index contributed by atoms with van der Waals surface area (Å²) in [5, 5.41) is 3.23. The van der Waals surface area contributed by atoms with Gasteiger partial charge in [-0.1, -0.05) is 12.1 Å². The van der Waals surface area contributed by atoms with Gasteiger partial charge in [0.2, 0.25) is 0 Å². The topological polar surface area (TPSA) is 69.4 Å². The molecule has 2 aromatic rings. The number of methoxy groups -OCH3 is 1. The van der Waals surface area contributed by atoms with Gasteiger partial charge in [-0.25, -0.2) is 4.98 Å². The average Bonchev–Trinajstić information content (AvgIpc) is 2.53. The highest BCUT2D eigenvalue weighted by atomic mass is 16.5. The standard InChI is InChI=1S/C17H23N3O2/c1-4-19-17-15(10-18)16(9-12(2)20-17)22-11-13-5-7-14(21-3)8-6-13/h5-9H,4,10-11,18H2,1-3H3,(H,19,20). The van der Waals surface area contributed by atoms with Crippen molar-refractivity contribution in [2.45, 2.75) is 27.0 Å². The second-order valence-electron chi connectivity index (χ2n) is 4.96. The smallest absolute Gasteiger partial charge is 0.134 e. The molecule has 22 heavy (non-hydrogen) atoms. The predicted octanol–water partition coefficient (Wildman–Crippen LogP) is 2.87. The van der Waals surface area contributed by atoms with Crippen LogP contribution in [0.5, 0.6) is 11.5 Å². The van der Waals surface area contributed by atoms with Crippen LogP contribution in [0.1, 0.15) is 23.7 Å². The summed E-state index contributed by atoms with van der Waals surface area (Å²) in [5.74, 6) is 2.41. The second kappa shape index (κ2) is 7.66. The molecule has 0 saturated carbocycles. The molecule has 1 aromatic carbocycles. The summed E-state index contributed by atoms with van der Waals surface area (Å²) in [6.45, 7) is 5.63. The van der Waals surface area contributed by atoms with E-state index in [-0.39, 0.29) is 0 Å². The number of ether oxygens (including phenoxy) is 2. The number of hydrogen-bond acceptors (Lipinski definition) is 5. The molecular weight excluding hydrogens is 278 g/mol. The van der Waals surface area contributed by atoms with Gasteiger partial charge in [0, 0.05) is 24.8 Å². The number of nitrogens with two attached hydrogens (primary N) is 1. The van der Waals surface area contributed by atoms with Gasteiger partial charge in [-0.15, -0.1) is 0 Å². The maximum absolute atomic E-state index is 5.95. The minimum Gasteiger partial charge on any atom is -0.497 e. The summed E-state index contributed by atoms with van der Waals surface area (Å²) in [6, 6.07) is 9.74. The maximum Gasteiger partial charge on any atom is 0.134 e. The highest BCUT2D eigenvalue weighted by Gasteiger charge is 2.11. The van der Waals surface area contributed by atoms with E-state index in [4.69, 9.17) is 15.2 Å². The lowest BCUT2D eigenvalue weighted by molar-refractivity contribution is 0.302. The minimum atomic E-state index is 0.382. The van der Waals surface area contributed by atoms with Crippen LogP contribution in [0.3, 0.4) is 0 Å². The van der Waals surface area contributed by atoms with Gasteiger partial charge in [0.15, 0.2) is 0 Å². The SMILES string of the molecule is CCNc1nc(C)cc(OCc2ccc(OC)cc2)c1CN. The van der Waals surface area contributed by atoms with Crippen LogP contribution in [0.15, 0.2) is 30.3 Å². The molecule has 0 aliphatic heterocycles. The van der Waals surface area contributed by atoms with Crippen molar-refractivity contribution < 1.29 is 9.47 Å². The molecule has 5 nitrogen and oxygen atoms in total. The third-order valence-corrected chi connectivity index (χ3v) is 3.31. The van der Waals surface area contributed by atoms with Gasteiger partial charge in [-0.2, -0.15) is 0 Å². The Hall–Kier alpha value is -2.27. The lowest BCUT2D eigenvalue weighted by Crippen LogP contribution is -2.10. The average molecular weight is 301 g/mol. The normalized spacial score (nSPS) is 10.4. The van der Waals surface area contributed by atoms with E-state index >= 15 is 0 Å². The fourth-order valence-corrected chi connectivity index (χ4v) is 2.19. The zero-order chi connectivity index (χ0) is 15.9. The first kappa shape index (κ1) is 16.1. The van der Waals surface area contributed by atoms with E-state index in [0.717, 1.165) is 40.7 Å². The van der Waals surface area contributed by atoms with Crippen LogP contribution in [0.4, 0.5) is 5.82 Å². The number of nitrogens with zero attached hydrogens (tertiary/aromatic N) is 1. The lowest BCUT2D eigenvalue weighted by atomic mass is 10.2. The molecule has 0 unspecified atom stereocenters. The molecule has 2 rings (SSSR count). The first-order chi connectivity index (χ1) is 10.7. The first-order valence-electron chi connectivity index (χ1n) is 7.38. The third-order valence-electron chi connectivity index (χ3n) is 3.31. The number of benzene rings is 1.